The van der Waals surface area contributed by atoms with Gasteiger partial charge in [-0.05, 0) is 104 Å². The number of allylic oxidation sites excluding steroid dienone is 4. The molecule has 3 aromatic heterocycles. The maximum Gasteiger partial charge on any atom is 0.313 e. The molecule has 8 heteroatoms. The fourth-order valence-electron chi connectivity index (χ4n) is 6.91. The predicted molar refractivity (Wildman–Crippen MR) is 176 cm³/mol. The van der Waals surface area contributed by atoms with Gasteiger partial charge in [0.15, 0.2) is 0 Å². The first kappa shape index (κ1) is 29.4. The number of hydrogen-bond acceptors (Lipinski definition) is 6. The molecule has 8 nitrogen and oxygen atoms in total. The number of methoxy groups -OCH3 is 2. The molecule has 0 saturated heterocycles. The largest absolute Gasteiger partial charge is 0.469 e. The number of aromatic nitrogens is 4. The quantitative estimate of drug-likeness (QED) is 0.286. The summed E-state index contributed by atoms with van der Waals surface area (Å²) in [7, 11) is 2.81. The molecule has 2 aliphatic heterocycles. The molecular weight excluding hydrogens is 552 g/mol. The van der Waals surface area contributed by atoms with Crippen molar-refractivity contribution >= 4 is 62.4 Å². The fourth-order valence-corrected chi connectivity index (χ4v) is 6.91. The Hall–Kier alpha value is -4.72. The zero-order valence-corrected chi connectivity index (χ0v) is 26.4. The molecular formula is C36H38N4O4. The minimum Gasteiger partial charge on any atom is -0.469 e. The van der Waals surface area contributed by atoms with Crippen LogP contribution in [0.5, 0.6) is 0 Å². The van der Waals surface area contributed by atoms with E-state index in [0.29, 0.717) is 18.5 Å². The van der Waals surface area contributed by atoms with Crippen LogP contribution in [-0.4, -0.2) is 46.1 Å². The van der Waals surface area contributed by atoms with Gasteiger partial charge in [-0.2, -0.15) is 0 Å². The second-order valence-corrected chi connectivity index (χ2v) is 11.7. The molecule has 1 atom stereocenters. The Kier molecular flexibility index (Phi) is 7.40. The summed E-state index contributed by atoms with van der Waals surface area (Å²) in [6.07, 6.45) is 3.84. The summed E-state index contributed by atoms with van der Waals surface area (Å²) in [5.74, 6) is -1.17. The number of rotatable bonds is 6. The number of carbonyl (C=O) groups is 2. The second-order valence-electron chi connectivity index (χ2n) is 11.7. The van der Waals surface area contributed by atoms with E-state index < -0.39 is 5.92 Å². The first-order valence-electron chi connectivity index (χ1n) is 15.1. The molecule has 44 heavy (non-hydrogen) atoms. The number of aromatic amines is 2. The van der Waals surface area contributed by atoms with Crippen molar-refractivity contribution in [2.24, 2.45) is 0 Å². The average molecular weight is 591 g/mol. The summed E-state index contributed by atoms with van der Waals surface area (Å²) in [4.78, 5) is 43.2. The van der Waals surface area contributed by atoms with Crippen LogP contribution < -0.4 is 0 Å². The van der Waals surface area contributed by atoms with Crippen molar-refractivity contribution in [1.29, 1.82) is 0 Å². The van der Waals surface area contributed by atoms with Gasteiger partial charge in [0.25, 0.3) is 0 Å². The third-order valence-electron chi connectivity index (χ3n) is 9.50. The van der Waals surface area contributed by atoms with Crippen molar-refractivity contribution in [2.45, 2.75) is 66.2 Å². The Balaban J connectivity index is 1.80. The van der Waals surface area contributed by atoms with Crippen LogP contribution in [0.2, 0.25) is 0 Å². The minimum absolute atomic E-state index is 0.195. The number of carbonyl (C=O) groups excluding carboxylic acids is 2. The second kappa shape index (κ2) is 11.1. The van der Waals surface area contributed by atoms with Crippen LogP contribution in [-0.2, 0) is 25.5 Å². The molecule has 226 valence electrons. The summed E-state index contributed by atoms with van der Waals surface area (Å²) in [6.45, 7) is 14.6. The van der Waals surface area contributed by atoms with Crippen LogP contribution in [0, 0.1) is 13.8 Å². The van der Waals surface area contributed by atoms with Crippen LogP contribution >= 0.6 is 0 Å². The molecule has 0 aromatic carbocycles. The number of fused-ring (bicyclic) bond motifs is 8. The molecule has 0 saturated carbocycles. The van der Waals surface area contributed by atoms with E-state index in [1.807, 2.05) is 19.1 Å². The van der Waals surface area contributed by atoms with Crippen molar-refractivity contribution in [2.75, 3.05) is 14.2 Å². The highest BCUT2D eigenvalue weighted by Gasteiger charge is 2.40. The van der Waals surface area contributed by atoms with Crippen molar-refractivity contribution in [3.05, 3.63) is 75.4 Å². The zero-order chi connectivity index (χ0) is 31.4. The van der Waals surface area contributed by atoms with Crippen LogP contribution in [0.3, 0.4) is 0 Å². The van der Waals surface area contributed by atoms with Crippen molar-refractivity contribution in [1.82, 2.24) is 19.9 Å². The highest BCUT2D eigenvalue weighted by atomic mass is 16.5. The van der Waals surface area contributed by atoms with Gasteiger partial charge < -0.3 is 19.4 Å². The molecule has 2 N–H and O–H groups in total. The van der Waals surface area contributed by atoms with E-state index in [-0.39, 0.29) is 18.4 Å². The van der Waals surface area contributed by atoms with Gasteiger partial charge in [0.1, 0.15) is 0 Å². The van der Waals surface area contributed by atoms with E-state index in [4.69, 9.17) is 19.4 Å². The van der Waals surface area contributed by atoms with Gasteiger partial charge in [0, 0.05) is 39.6 Å². The van der Waals surface area contributed by atoms with E-state index in [2.05, 4.69) is 56.4 Å². The molecule has 3 aromatic rings. The number of esters is 2. The molecule has 6 rings (SSSR count). The molecule has 1 unspecified atom stereocenters. The lowest BCUT2D eigenvalue weighted by Crippen LogP contribution is -2.13. The molecule has 0 amide bonds. The SMILES string of the molecule is C=Cc1c(C)c2cc3nc(c4c5nc(cc6[nH]c(cc1[nH]2)c(C)c6CC)C(C)=C5CC4C(=O)OC)C(CCC(=O)OC)=C3C. The summed E-state index contributed by atoms with van der Waals surface area (Å²) >= 11 is 0. The monoisotopic (exact) mass is 590 g/mol. The Morgan fingerprint density at radius 1 is 0.909 bits per heavy atom. The van der Waals surface area contributed by atoms with Crippen molar-refractivity contribution in [3.63, 3.8) is 0 Å². The number of aryl methyl sites for hydroxylation is 3. The van der Waals surface area contributed by atoms with Crippen molar-refractivity contribution < 1.29 is 19.1 Å². The van der Waals surface area contributed by atoms with E-state index in [0.717, 1.165) is 84.6 Å². The molecule has 8 bridgehead atoms. The normalized spacial score (nSPS) is 15.7. The third kappa shape index (κ3) is 4.51. The summed E-state index contributed by atoms with van der Waals surface area (Å²) in [5, 5.41) is 0. The van der Waals surface area contributed by atoms with Crippen LogP contribution in [0.25, 0.3) is 50.4 Å². The lowest BCUT2D eigenvalue weighted by Gasteiger charge is -2.12. The number of nitrogens with zero attached hydrogens (tertiary/aromatic N) is 2. The van der Waals surface area contributed by atoms with Gasteiger partial charge in [-0.25, -0.2) is 9.97 Å². The van der Waals surface area contributed by atoms with E-state index in [1.165, 1.54) is 25.3 Å². The first-order valence-corrected chi connectivity index (χ1v) is 15.1. The standard InChI is InChI=1S/C36H38N4O4/c1-9-21-17(3)26-14-28-19(5)23(11-12-32(41)43-7)34(39-28)33-25(36(42)44-8)13-24-20(6)29(40-35(24)33)16-31-22(10-2)18(4)27(38-31)15-30(21)37-26/h9,14-16,25,37-38H,1,10-13H2,2-8H3. The average Bonchev–Trinajstić information content (AvgIpc) is 3.77. The zero-order valence-electron chi connectivity index (χ0n) is 26.4. The van der Waals surface area contributed by atoms with Crippen molar-refractivity contribution in [3.8, 4) is 0 Å². The van der Waals surface area contributed by atoms with Gasteiger partial charge in [0.2, 0.25) is 0 Å². The van der Waals surface area contributed by atoms with Crippen LogP contribution in [0.1, 0.15) is 96.5 Å². The molecule has 0 radical (unpaired) electrons. The summed E-state index contributed by atoms with van der Waals surface area (Å²) in [6, 6.07) is 6.31. The fraction of sp³-hybridized carbons (Fsp3) is 0.333. The smallest absolute Gasteiger partial charge is 0.313 e. The maximum atomic E-state index is 13.3. The topological polar surface area (TPSA) is 110 Å². The Labute approximate surface area is 256 Å². The van der Waals surface area contributed by atoms with Gasteiger partial charge >= 0.3 is 11.9 Å². The van der Waals surface area contributed by atoms with Crippen LogP contribution in [0.4, 0.5) is 0 Å². The maximum absolute atomic E-state index is 13.3. The predicted octanol–water partition coefficient (Wildman–Crippen LogP) is 7.61. The lowest BCUT2D eigenvalue weighted by molar-refractivity contribution is -0.142. The van der Waals surface area contributed by atoms with Gasteiger partial charge in [-0.1, -0.05) is 19.6 Å². The highest BCUT2D eigenvalue weighted by Crippen LogP contribution is 2.50. The third-order valence-corrected chi connectivity index (χ3v) is 9.50. The summed E-state index contributed by atoms with van der Waals surface area (Å²) in [5.41, 5.74) is 16.2. The molecule has 1 aliphatic carbocycles. The van der Waals surface area contributed by atoms with E-state index in [9.17, 15) is 9.59 Å². The van der Waals surface area contributed by atoms with E-state index >= 15 is 0 Å². The van der Waals surface area contributed by atoms with Crippen LogP contribution in [0.15, 0.2) is 24.8 Å². The summed E-state index contributed by atoms with van der Waals surface area (Å²) < 4.78 is 10.3. The molecule has 3 aliphatic rings. The van der Waals surface area contributed by atoms with Gasteiger partial charge in [-0.15, -0.1) is 0 Å². The first-order chi connectivity index (χ1) is 21.1. The van der Waals surface area contributed by atoms with Gasteiger partial charge in [0.05, 0.1) is 42.9 Å². The molecule has 0 fully saturated rings. The Bertz CT molecular complexity index is 2000. The van der Waals surface area contributed by atoms with E-state index in [1.54, 1.807) is 0 Å². The number of nitrogens with one attached hydrogen (secondary N) is 2. The van der Waals surface area contributed by atoms with Gasteiger partial charge in [-0.3, -0.25) is 9.59 Å². The molecule has 0 spiro atoms. The molecule has 5 heterocycles. The number of H-pyrrole nitrogens is 2. The Morgan fingerprint density at radius 2 is 1.57 bits per heavy atom. The Morgan fingerprint density at radius 3 is 2.25 bits per heavy atom. The number of ether oxygens (including phenoxy) is 2. The lowest BCUT2D eigenvalue weighted by atomic mass is 9.93. The minimum atomic E-state index is -0.547. The number of hydrogen-bond donors (Lipinski definition) is 2. The highest BCUT2D eigenvalue weighted by molar-refractivity contribution is 6.03.